The van der Waals surface area contributed by atoms with Gasteiger partial charge in [0.2, 0.25) is 39.3 Å². The van der Waals surface area contributed by atoms with Gasteiger partial charge < -0.3 is 22.9 Å². The Balaban J connectivity index is 0.000000628. The molecule has 0 radical (unpaired) electrons. The molecular weight excluding hydrogens is 1790 g/mol. The van der Waals surface area contributed by atoms with Gasteiger partial charge in [-0.25, -0.2) is 42.5 Å². The van der Waals surface area contributed by atoms with Crippen molar-refractivity contribution >= 4 is 149 Å². The van der Waals surface area contributed by atoms with E-state index in [9.17, 15) is 174 Å². The highest BCUT2D eigenvalue weighted by Crippen LogP contribution is 2.59. The lowest BCUT2D eigenvalue weighted by Gasteiger charge is -2.33. The van der Waals surface area contributed by atoms with Crippen LogP contribution in [0.5, 0.6) is 0 Å². The SMILES string of the molecule is Cc1cc(S(=O)(=O)C(F)(C(F)(F)F)C(F)(F)F)cc(C)c1N.Nc1c(Br)cc(S(=O)(=O)C(F)(C(F)(F)F)C(F)(F)F)cc1Br.Nc1c(Br)cc(S(=O)(=O)C(F)(F)C(F)(F)C(F)(F)C(F)(F)F)cc1Br.Nc1c(Cl)cc(S(=O)(=O)C(F)(F)C(F)(F)C(F)(F)C(F)(F)F)cc1Cl. The van der Waals surface area contributed by atoms with E-state index >= 15 is 0 Å². The Kier molecular flexibility index (Phi) is 25.3. The van der Waals surface area contributed by atoms with Crippen LogP contribution in [0, 0.1) is 13.8 Å². The van der Waals surface area contributed by atoms with E-state index in [1.165, 1.54) is 13.8 Å². The molecular formula is C40H22Br4Cl2F32N4O8S4. The zero-order chi connectivity index (χ0) is 75.9. The Morgan fingerprint density at radius 3 is 0.681 bits per heavy atom. The second kappa shape index (κ2) is 27.0. The van der Waals surface area contributed by atoms with Gasteiger partial charge in [-0.15, -0.1) is 0 Å². The van der Waals surface area contributed by atoms with Crippen LogP contribution in [0.15, 0.2) is 86.0 Å². The van der Waals surface area contributed by atoms with Gasteiger partial charge in [0.05, 0.1) is 46.7 Å². The van der Waals surface area contributed by atoms with E-state index in [4.69, 9.17) is 46.1 Å². The van der Waals surface area contributed by atoms with Gasteiger partial charge in [-0.05, 0) is 137 Å². The van der Waals surface area contributed by atoms with Crippen LogP contribution >= 0.6 is 86.9 Å². The molecule has 0 atom stereocenters. The van der Waals surface area contributed by atoms with Crippen molar-refractivity contribution in [2.75, 3.05) is 22.9 Å². The fourth-order valence-electron chi connectivity index (χ4n) is 5.85. The molecule has 4 aromatic rings. The minimum absolute atomic E-state index is 0.0255. The van der Waals surface area contributed by atoms with Crippen molar-refractivity contribution in [2.45, 2.75) is 115 Å². The number of alkyl halides is 32. The van der Waals surface area contributed by atoms with Gasteiger partial charge in [0.15, 0.2) is 0 Å². The number of nitrogens with two attached hydrogens (primary N) is 4. The van der Waals surface area contributed by atoms with Crippen molar-refractivity contribution in [2.24, 2.45) is 0 Å². The summed E-state index contributed by atoms with van der Waals surface area (Å²) < 4.78 is 501. The first kappa shape index (κ1) is 88.2. The Hall–Kier alpha value is -3.86. The molecule has 12 nitrogen and oxygen atoms in total. The summed E-state index contributed by atoms with van der Waals surface area (Å²) in [6.07, 6.45) is -41.2. The molecule has 0 amide bonds. The van der Waals surface area contributed by atoms with E-state index in [1.807, 2.05) is 0 Å². The van der Waals surface area contributed by atoms with Gasteiger partial charge >= 0.3 is 81.3 Å². The fraction of sp³-hybridized carbons (Fsp3) is 0.400. The number of anilines is 4. The van der Waals surface area contributed by atoms with E-state index in [0.717, 1.165) is 0 Å². The summed E-state index contributed by atoms with van der Waals surface area (Å²) in [5, 5.41) is -28.2. The van der Waals surface area contributed by atoms with Gasteiger partial charge in [0.1, 0.15) is 0 Å². The van der Waals surface area contributed by atoms with Gasteiger partial charge in [-0.1, -0.05) is 23.2 Å². The summed E-state index contributed by atoms with van der Waals surface area (Å²) in [5.41, 5.74) is 20.0. The normalized spacial score (nSPS) is 14.5. The minimum atomic E-state index is -7.36. The lowest BCUT2D eigenvalue weighted by Crippen LogP contribution is -2.63. The van der Waals surface area contributed by atoms with Crippen LogP contribution in [0.3, 0.4) is 0 Å². The quantitative estimate of drug-likeness (QED) is 0.0765. The van der Waals surface area contributed by atoms with Crippen LogP contribution in [0.25, 0.3) is 0 Å². The average Bonchev–Trinajstić information content (AvgIpc) is 0.740. The standard InChI is InChI=1S/C11H10F7NO2S.C10H4Br2F9NO2S.C10H4Cl2F9NO2S.C9H4Br2F7NO2S/c1-5-3-7(4-6(2)8(5)19)22(20,21)9(12,10(13,14)15)11(16,17)18;2*11-4-1-3(2-5(12)6(4)22)25(23,24)10(20,21)8(15,16)7(13,14)9(17,18)19;10-4-1-3(2-5(11)6(4)19)22(20,21)7(12,8(13,14)15)9(16,17)18/h3-4H,19H2,1-2H3;2*1-2H,22H2;1-2H,19H2. The van der Waals surface area contributed by atoms with Crippen LogP contribution in [0.1, 0.15) is 11.1 Å². The van der Waals surface area contributed by atoms with E-state index in [-0.39, 0.29) is 61.4 Å². The maximum absolute atomic E-state index is 13.8. The lowest BCUT2D eigenvalue weighted by atomic mass is 10.1. The van der Waals surface area contributed by atoms with E-state index < -0.39 is 165 Å². The summed E-state index contributed by atoms with van der Waals surface area (Å²) in [6.45, 7) is 2.34. The van der Waals surface area contributed by atoms with Crippen molar-refractivity contribution in [3.8, 4) is 0 Å². The Labute approximate surface area is 545 Å². The maximum Gasteiger partial charge on any atom is 0.460 e. The van der Waals surface area contributed by atoms with Crippen LogP contribution < -0.4 is 22.9 Å². The molecule has 0 aromatic heterocycles. The molecule has 0 aliphatic heterocycles. The summed E-state index contributed by atoms with van der Waals surface area (Å²) in [6, 6.07) is 2.23. The predicted octanol–water partition coefficient (Wildman–Crippen LogP) is 17.6. The maximum atomic E-state index is 13.8. The molecule has 0 saturated carbocycles. The highest BCUT2D eigenvalue weighted by atomic mass is 79.9. The molecule has 54 heteroatoms. The minimum Gasteiger partial charge on any atom is -0.398 e. The molecule has 0 bridgehead atoms. The molecule has 8 N–H and O–H groups in total. The van der Waals surface area contributed by atoms with Crippen LogP contribution in [-0.2, 0) is 39.3 Å². The number of nitrogen functional groups attached to an aromatic ring is 4. The van der Waals surface area contributed by atoms with E-state index in [1.54, 1.807) is 0 Å². The molecule has 0 saturated heterocycles. The van der Waals surface area contributed by atoms with Crippen molar-refractivity contribution in [3.05, 3.63) is 87.6 Å². The molecule has 94 heavy (non-hydrogen) atoms. The second-order valence-corrected chi connectivity index (χ2v) is 29.7. The van der Waals surface area contributed by atoms with Crippen LogP contribution in [-0.4, -0.2) is 115 Å². The van der Waals surface area contributed by atoms with Gasteiger partial charge in [0, 0.05) is 23.6 Å². The third-order valence-corrected chi connectivity index (χ3v) is 22.0. The monoisotopic (exact) mass is 1810 g/mol. The number of hydrogen-bond donors (Lipinski definition) is 4. The fourth-order valence-corrected chi connectivity index (χ4v) is 15.1. The lowest BCUT2D eigenvalue weighted by molar-refractivity contribution is -0.382. The molecule has 4 rings (SSSR count). The average molecular weight is 1810 g/mol. The van der Waals surface area contributed by atoms with Crippen LogP contribution in [0.4, 0.5) is 163 Å². The first-order valence-electron chi connectivity index (χ1n) is 21.4. The van der Waals surface area contributed by atoms with Crippen molar-refractivity contribution < 1.29 is 174 Å². The topological polar surface area (TPSA) is 241 Å². The van der Waals surface area contributed by atoms with E-state index in [2.05, 4.69) is 63.7 Å². The van der Waals surface area contributed by atoms with E-state index in [0.29, 0.717) is 24.3 Å². The largest absolute Gasteiger partial charge is 0.460 e. The molecule has 0 aliphatic rings. The second-order valence-electron chi connectivity index (χ2n) is 17.4. The zero-order valence-corrected chi connectivity index (χ0v) is 54.3. The zero-order valence-electron chi connectivity index (χ0n) is 43.2. The van der Waals surface area contributed by atoms with Gasteiger partial charge in [-0.3, -0.25) is 0 Å². The third-order valence-electron chi connectivity index (χ3n) is 11.1. The Morgan fingerprint density at radius 2 is 0.479 bits per heavy atom. The predicted molar refractivity (Wildman–Crippen MR) is 276 cm³/mol. The smallest absolute Gasteiger partial charge is 0.398 e. The molecule has 0 unspecified atom stereocenters. The van der Waals surface area contributed by atoms with Gasteiger partial charge in [-0.2, -0.15) is 132 Å². The Bertz CT molecular complexity index is 3630. The van der Waals surface area contributed by atoms with Crippen LogP contribution in [0.2, 0.25) is 10.0 Å². The number of sulfone groups is 4. The summed E-state index contributed by atoms with van der Waals surface area (Å²) in [5.74, 6) is -29.3. The highest BCUT2D eigenvalue weighted by molar-refractivity contribution is 9.11. The number of rotatable bonds is 12. The molecule has 0 fully saturated rings. The highest BCUT2D eigenvalue weighted by Gasteiger charge is 2.87. The summed E-state index contributed by atoms with van der Waals surface area (Å²) in [7, 11) is -26.4. The van der Waals surface area contributed by atoms with Crippen molar-refractivity contribution in [1.82, 2.24) is 0 Å². The molecule has 4 aromatic carbocycles. The van der Waals surface area contributed by atoms with Crippen molar-refractivity contribution in [1.29, 1.82) is 0 Å². The first-order valence-corrected chi connectivity index (χ1v) is 31.3. The summed E-state index contributed by atoms with van der Waals surface area (Å²) >= 11 is 21.1. The number of hydrogen-bond acceptors (Lipinski definition) is 12. The molecule has 0 aliphatic carbocycles. The summed E-state index contributed by atoms with van der Waals surface area (Å²) in [4.78, 5) is -6.49. The van der Waals surface area contributed by atoms with Gasteiger partial charge in [0.25, 0.3) is 0 Å². The third kappa shape index (κ3) is 15.2. The first-order chi connectivity index (χ1) is 40.8. The number of aryl methyl sites for hydroxylation is 2. The number of benzene rings is 4. The molecule has 0 heterocycles. The molecule has 0 spiro atoms. The Morgan fingerprint density at radius 1 is 0.287 bits per heavy atom. The van der Waals surface area contributed by atoms with Crippen molar-refractivity contribution in [3.63, 3.8) is 0 Å². The number of halogens is 38. The molecule has 540 valence electrons.